The summed E-state index contributed by atoms with van der Waals surface area (Å²) in [6, 6.07) is 41.8. The normalized spacial score (nSPS) is 11.3. The van der Waals surface area contributed by atoms with E-state index in [0.29, 0.717) is 75.7 Å². The van der Waals surface area contributed by atoms with Gasteiger partial charge in [0.15, 0.2) is 16.3 Å². The Hall–Kier alpha value is -12.1. The molecule has 128 heavy (non-hydrogen) atoms. The molecule has 4 unspecified atom stereocenters. The van der Waals surface area contributed by atoms with Crippen molar-refractivity contribution in [3.05, 3.63) is 311 Å². The van der Waals surface area contributed by atoms with Gasteiger partial charge in [0, 0.05) is 175 Å². The van der Waals surface area contributed by atoms with Crippen LogP contribution in [-0.4, -0.2) is 163 Å². The number of aliphatic hydroxyl groups excluding tert-OH is 1. The highest BCUT2D eigenvalue weighted by molar-refractivity contribution is 9.11. The highest BCUT2D eigenvalue weighted by atomic mass is 79.9. The Morgan fingerprint density at radius 3 is 1.20 bits per heavy atom. The Labute approximate surface area is 786 Å². The number of hydrogen-bond acceptors (Lipinski definition) is 34. The van der Waals surface area contributed by atoms with Gasteiger partial charge in [0.25, 0.3) is 0 Å². The van der Waals surface area contributed by atoms with Crippen molar-refractivity contribution in [2.75, 3.05) is 85.3 Å². The number of aliphatic hydroxyl groups is 2. The lowest BCUT2D eigenvalue weighted by atomic mass is 9.95. The fraction of sp³-hybridized carbons (Fsp3) is 0.207. The largest absolute Gasteiger partial charge is 0.508 e. The van der Waals surface area contributed by atoms with Crippen LogP contribution < -0.4 is 56.8 Å². The lowest BCUT2D eigenvalue weighted by molar-refractivity contribution is 0.0984. The molecule has 0 saturated heterocycles. The first-order valence-electron chi connectivity index (χ1n) is 37.8. The predicted octanol–water partition coefficient (Wildman–Crippen LogP) is 21.6. The molecule has 674 valence electrons. The summed E-state index contributed by atoms with van der Waals surface area (Å²) in [6.07, 6.45) is 11.9. The molecule has 0 fully saturated rings. The second kappa shape index (κ2) is 53.5. The van der Waals surface area contributed by atoms with Gasteiger partial charge in [-0.1, -0.05) is 32.6 Å². The molecule has 7 heterocycles. The summed E-state index contributed by atoms with van der Waals surface area (Å²) in [5.74, 6) is 8.85. The standard InChI is InChI=1S/C13H15NO3S.C13H15NO2S.C13H13NO2S.C12H13NO3S.C12H11NO3S.C11H11NO2S.C8H9BrO2.C6H5BrO2.C4H3NOS/c1-13(15,12-14-6-7-18-12)10-5-4-9(16-2)8-11(10)17-3;2*1-9(13-14-6-7-17-13)11-5-4-10(15-2)8-12(11)16-3;2*1-15-8-3-4-9(10(7-8)16-2)11(14)12-13-5-6-17-12;1-7(11-12-4-5-15-11)9-3-2-8(13)6-10(9)14;1-10-6-3-4-7(9)8(5-6)11-2;7-5-2-1-4(8)3-6(5)9;6-3-4-5-1-2-7-4/h4-8,15H,1-3H3;4-9H,1-3H3;4-8H,1H2,2-3H3;3-7,11,14H,1-2H3;3-7H,1-2H3;2-7,13-14H,1H3;3-5H,1-2H3;1-3,8-9H;1-3H. The number of carbonyl (C=O) groups excluding carboxylic acids is 2. The third-order valence-corrected chi connectivity index (χ3v) is 25.1. The van der Waals surface area contributed by atoms with Gasteiger partial charge in [-0.3, -0.25) is 9.59 Å². The zero-order chi connectivity index (χ0) is 93.2. The SMILES string of the molecule is C=C(c1nccs1)c1ccc(OC)cc1OC.CC(c1nccs1)c1ccc(O)cc1O.COc1ccc(Br)c(OC)c1.COc1ccc(C(=O)c2nccs2)c(OC)c1.COc1ccc(C(C)(O)c2nccs2)c(OC)c1.COc1ccc(C(C)c2nccs2)c(OC)c1.COc1ccc(C(O)c2nccs2)c(OC)c1.O=Cc1nccs1.Oc1ccc(Br)c(O)c1. The number of aldehydes is 1. The van der Waals surface area contributed by atoms with Crippen LogP contribution in [0.25, 0.3) is 5.57 Å². The molecule has 4 atom stereocenters. The summed E-state index contributed by atoms with van der Waals surface area (Å²) in [5.41, 5.74) is 4.37. The van der Waals surface area contributed by atoms with Crippen LogP contribution in [0.2, 0.25) is 0 Å². The van der Waals surface area contributed by atoms with Gasteiger partial charge in [0.1, 0.15) is 119 Å². The van der Waals surface area contributed by atoms with E-state index >= 15 is 0 Å². The monoisotopic (exact) mass is 2000 g/mol. The van der Waals surface area contributed by atoms with Gasteiger partial charge in [-0.15, -0.1) is 79.4 Å². The molecule has 7 aromatic heterocycles. The minimum Gasteiger partial charge on any atom is -0.508 e. The molecule has 0 aliphatic heterocycles. The molecule has 0 aliphatic carbocycles. The summed E-state index contributed by atoms with van der Waals surface area (Å²) in [5, 5.41) is 75.6. The minimum absolute atomic E-state index is 0.0469. The van der Waals surface area contributed by atoms with Crippen molar-refractivity contribution in [2.24, 2.45) is 0 Å². The molecule has 36 heteroatoms. The molecule has 0 bridgehead atoms. The number of thiazole rings is 7. The second-order valence-electron chi connectivity index (χ2n) is 25.6. The smallest absolute Gasteiger partial charge is 0.225 e. The molecule has 0 amide bonds. The Bertz CT molecular complexity index is 5610. The number of carbonyl (C=O) groups is 2. The van der Waals surface area contributed by atoms with E-state index in [4.69, 9.17) is 67.1 Å². The number of aromatic nitrogens is 7. The first-order chi connectivity index (χ1) is 61.7. The van der Waals surface area contributed by atoms with Crippen LogP contribution in [0.5, 0.6) is 92.0 Å². The molecule has 0 saturated carbocycles. The van der Waals surface area contributed by atoms with Crippen LogP contribution in [0, 0.1) is 0 Å². The van der Waals surface area contributed by atoms with Crippen molar-refractivity contribution in [1.29, 1.82) is 0 Å². The molecule has 15 aromatic rings. The number of ether oxygens (including phenoxy) is 12. The van der Waals surface area contributed by atoms with Crippen molar-refractivity contribution in [3.63, 3.8) is 0 Å². The number of hydrogen-bond donors (Lipinski definition) is 6. The minimum atomic E-state index is -1.17. The molecule has 6 N–H and O–H groups in total. The third-order valence-electron chi connectivity index (χ3n) is 17.8. The van der Waals surface area contributed by atoms with Gasteiger partial charge in [0.05, 0.1) is 110 Å². The van der Waals surface area contributed by atoms with E-state index in [1.807, 2.05) is 94.6 Å². The lowest BCUT2D eigenvalue weighted by Crippen LogP contribution is -2.23. The maximum Gasteiger partial charge on any atom is 0.225 e. The number of ketones is 1. The topological polar surface area (TPSA) is 357 Å². The van der Waals surface area contributed by atoms with Crippen LogP contribution in [0.15, 0.2) is 242 Å². The van der Waals surface area contributed by atoms with Gasteiger partial charge in [0.2, 0.25) is 5.78 Å². The quantitative estimate of drug-likeness (QED) is 0.0229. The first-order valence-corrected chi connectivity index (χ1v) is 45.5. The van der Waals surface area contributed by atoms with Crippen LogP contribution in [-0.2, 0) is 5.60 Å². The summed E-state index contributed by atoms with van der Waals surface area (Å²) < 4.78 is 63.7. The average Bonchev–Trinajstić information content (AvgIpc) is 1.70. The third kappa shape index (κ3) is 30.3. The fourth-order valence-corrected chi connectivity index (χ4v) is 16.2. The van der Waals surface area contributed by atoms with Crippen molar-refractivity contribution in [3.8, 4) is 92.0 Å². The van der Waals surface area contributed by atoms with Gasteiger partial charge in [-0.05, 0) is 124 Å². The number of halogens is 2. The number of methoxy groups -OCH3 is 12. The predicted molar refractivity (Wildman–Crippen MR) is 512 cm³/mol. The summed E-state index contributed by atoms with van der Waals surface area (Å²) in [6.45, 7) is 9.87. The molecule has 0 aliphatic rings. The molecule has 0 radical (unpaired) electrons. The number of benzene rings is 8. The van der Waals surface area contributed by atoms with Gasteiger partial charge < -0.3 is 87.5 Å². The van der Waals surface area contributed by atoms with Gasteiger partial charge in [-0.25, -0.2) is 34.9 Å². The molecular weight excluding hydrogens is 1910 g/mol. The highest BCUT2D eigenvalue weighted by Gasteiger charge is 2.32. The zero-order valence-corrected chi connectivity index (χ0v) is 81.0. The van der Waals surface area contributed by atoms with Crippen LogP contribution in [0.3, 0.4) is 0 Å². The van der Waals surface area contributed by atoms with E-state index in [9.17, 15) is 30.0 Å². The molecule has 15 rings (SSSR count). The maximum atomic E-state index is 12.1. The Morgan fingerprint density at radius 1 is 0.383 bits per heavy atom. The zero-order valence-electron chi connectivity index (χ0n) is 72.1. The van der Waals surface area contributed by atoms with Crippen molar-refractivity contribution < 1.29 is 97.1 Å². The summed E-state index contributed by atoms with van der Waals surface area (Å²) >= 11 is 16.6. The van der Waals surface area contributed by atoms with E-state index in [1.54, 1.807) is 240 Å². The first kappa shape index (κ1) is 103. The lowest BCUT2D eigenvalue weighted by Gasteiger charge is -2.23. The summed E-state index contributed by atoms with van der Waals surface area (Å²) in [4.78, 5) is 50.6. The average molecular weight is 2000 g/mol. The van der Waals surface area contributed by atoms with Crippen molar-refractivity contribution in [2.45, 2.75) is 44.3 Å². The number of rotatable bonds is 25. The number of aromatic hydroxyl groups is 4. The maximum absolute atomic E-state index is 12.1. The van der Waals surface area contributed by atoms with E-state index in [2.05, 4.69) is 80.3 Å². The number of nitrogens with zero attached hydrogens (tertiary/aromatic N) is 7. The van der Waals surface area contributed by atoms with Crippen molar-refractivity contribution >= 4 is 129 Å². The second-order valence-corrected chi connectivity index (χ2v) is 33.7. The van der Waals surface area contributed by atoms with Crippen LogP contribution in [0.4, 0.5) is 0 Å². The Kier molecular flexibility index (Phi) is 43.1. The van der Waals surface area contributed by atoms with Crippen LogP contribution in [0.1, 0.15) is 117 Å². The van der Waals surface area contributed by atoms with E-state index in [1.165, 1.54) is 70.7 Å². The highest BCUT2D eigenvalue weighted by Crippen LogP contribution is 2.42. The van der Waals surface area contributed by atoms with Gasteiger partial charge in [-0.2, -0.15) is 0 Å². The summed E-state index contributed by atoms with van der Waals surface area (Å²) in [7, 11) is 19.2. The van der Waals surface area contributed by atoms with Crippen LogP contribution >= 0.6 is 111 Å². The molecule has 27 nitrogen and oxygen atoms in total. The van der Waals surface area contributed by atoms with E-state index in [-0.39, 0.29) is 40.6 Å². The van der Waals surface area contributed by atoms with E-state index < -0.39 is 11.7 Å². The Morgan fingerprint density at radius 2 is 0.758 bits per heavy atom. The number of phenolic OH excluding ortho intramolecular Hbond substituents is 4. The van der Waals surface area contributed by atoms with Gasteiger partial charge >= 0.3 is 0 Å². The number of phenols is 4. The molecular formula is C92H95Br2N7O20S7. The van der Waals surface area contributed by atoms with Crippen molar-refractivity contribution in [1.82, 2.24) is 34.9 Å². The molecule has 8 aromatic carbocycles. The Balaban J connectivity index is 0.000000199. The van der Waals surface area contributed by atoms with E-state index in [0.717, 1.165) is 82.5 Å². The molecule has 0 spiro atoms. The fourth-order valence-electron chi connectivity index (χ4n) is 11.1.